The minimum Gasteiger partial charge on any atom is -0.481 e. The number of hydrogen-bond donors (Lipinski definition) is 3. The van der Waals surface area contributed by atoms with Crippen LogP contribution >= 0.6 is 11.3 Å². The van der Waals surface area contributed by atoms with Crippen molar-refractivity contribution in [3.63, 3.8) is 0 Å². The third kappa shape index (κ3) is 6.16. The summed E-state index contributed by atoms with van der Waals surface area (Å²) >= 11 is 1.13. The molecule has 140 valence electrons. The quantitative estimate of drug-likeness (QED) is 0.603. The Balaban J connectivity index is 1.89. The van der Waals surface area contributed by atoms with Gasteiger partial charge in [0, 0.05) is 18.2 Å². The zero-order valence-corrected chi connectivity index (χ0v) is 15.8. The number of rotatable bonds is 9. The second-order valence-electron chi connectivity index (χ2n) is 5.81. The topological polar surface area (TPSA) is 113 Å². The lowest BCUT2D eigenvalue weighted by molar-refractivity contribution is -0.137. The predicted octanol–water partition coefficient (Wildman–Crippen LogP) is 2.46. The van der Waals surface area contributed by atoms with E-state index in [-0.39, 0.29) is 29.0 Å². The number of nitrogens with one attached hydrogen (secondary N) is 2. The summed E-state index contributed by atoms with van der Waals surface area (Å²) in [4.78, 5) is 22.5. The van der Waals surface area contributed by atoms with Crippen LogP contribution in [0.2, 0.25) is 0 Å². The molecular formula is C17H20N2O5S2. The van der Waals surface area contributed by atoms with Gasteiger partial charge in [0.2, 0.25) is 5.91 Å². The average molecular weight is 396 g/mol. The third-order valence-corrected chi connectivity index (χ3v) is 6.31. The van der Waals surface area contributed by atoms with Gasteiger partial charge in [-0.3, -0.25) is 14.3 Å². The highest BCUT2D eigenvalue weighted by Crippen LogP contribution is 2.20. The summed E-state index contributed by atoms with van der Waals surface area (Å²) in [6.07, 6.45) is 0.500. The van der Waals surface area contributed by atoms with Crippen molar-refractivity contribution < 1.29 is 23.1 Å². The SMILES string of the molecule is CC(CCC(=O)O)NC(=O)Cc1ccc(NS(=O)(=O)c2cccs2)cc1. The van der Waals surface area contributed by atoms with E-state index in [4.69, 9.17) is 5.11 Å². The van der Waals surface area contributed by atoms with Gasteiger partial charge in [-0.15, -0.1) is 11.3 Å². The summed E-state index contributed by atoms with van der Waals surface area (Å²) in [5, 5.41) is 13.1. The number of amides is 1. The number of carboxylic acid groups (broad SMARTS) is 1. The molecule has 1 atom stereocenters. The molecule has 0 spiro atoms. The number of thiophene rings is 1. The summed E-state index contributed by atoms with van der Waals surface area (Å²) < 4.78 is 27.0. The first-order valence-electron chi connectivity index (χ1n) is 7.92. The van der Waals surface area contributed by atoms with Gasteiger partial charge in [0.15, 0.2) is 0 Å². The smallest absolute Gasteiger partial charge is 0.303 e. The van der Waals surface area contributed by atoms with Crippen LogP contribution in [0.4, 0.5) is 5.69 Å². The van der Waals surface area contributed by atoms with E-state index < -0.39 is 16.0 Å². The van der Waals surface area contributed by atoms with Crippen molar-refractivity contribution in [1.29, 1.82) is 0 Å². The van der Waals surface area contributed by atoms with Crippen LogP contribution in [0.3, 0.4) is 0 Å². The zero-order valence-electron chi connectivity index (χ0n) is 14.1. The second-order valence-corrected chi connectivity index (χ2v) is 8.67. The molecular weight excluding hydrogens is 376 g/mol. The van der Waals surface area contributed by atoms with E-state index in [1.165, 1.54) is 6.07 Å². The van der Waals surface area contributed by atoms with Gasteiger partial charge < -0.3 is 10.4 Å². The fourth-order valence-electron chi connectivity index (χ4n) is 2.24. The van der Waals surface area contributed by atoms with Crippen LogP contribution in [-0.2, 0) is 26.0 Å². The lowest BCUT2D eigenvalue weighted by atomic mass is 10.1. The van der Waals surface area contributed by atoms with Crippen molar-refractivity contribution >= 4 is 38.9 Å². The Kier molecular flexibility index (Phi) is 6.76. The van der Waals surface area contributed by atoms with E-state index in [2.05, 4.69) is 10.0 Å². The van der Waals surface area contributed by atoms with Crippen LogP contribution in [0.25, 0.3) is 0 Å². The maximum atomic E-state index is 12.1. The molecule has 0 saturated carbocycles. The van der Waals surface area contributed by atoms with Gasteiger partial charge in [-0.2, -0.15) is 0 Å². The van der Waals surface area contributed by atoms with Crippen molar-refractivity contribution in [2.24, 2.45) is 0 Å². The number of carbonyl (C=O) groups excluding carboxylic acids is 1. The van der Waals surface area contributed by atoms with Crippen LogP contribution in [0, 0.1) is 0 Å². The molecule has 1 aromatic heterocycles. The molecule has 26 heavy (non-hydrogen) atoms. The average Bonchev–Trinajstić information content (AvgIpc) is 3.10. The Morgan fingerprint density at radius 1 is 1.19 bits per heavy atom. The summed E-state index contributed by atoms with van der Waals surface area (Å²) in [6.45, 7) is 1.75. The summed E-state index contributed by atoms with van der Waals surface area (Å²) in [7, 11) is -3.59. The van der Waals surface area contributed by atoms with E-state index in [0.29, 0.717) is 12.1 Å². The number of hydrogen-bond acceptors (Lipinski definition) is 5. The summed E-state index contributed by atoms with van der Waals surface area (Å²) in [5.74, 6) is -1.11. The van der Waals surface area contributed by atoms with Crippen molar-refractivity contribution in [1.82, 2.24) is 5.32 Å². The maximum absolute atomic E-state index is 12.1. The molecule has 0 radical (unpaired) electrons. The fraction of sp³-hybridized carbons (Fsp3) is 0.294. The molecule has 0 aliphatic rings. The predicted molar refractivity (Wildman–Crippen MR) is 99.7 cm³/mol. The van der Waals surface area contributed by atoms with E-state index in [1.807, 2.05) is 0 Å². The van der Waals surface area contributed by atoms with Crippen LogP contribution in [0.5, 0.6) is 0 Å². The maximum Gasteiger partial charge on any atom is 0.303 e. The highest BCUT2D eigenvalue weighted by atomic mass is 32.2. The van der Waals surface area contributed by atoms with Gasteiger partial charge >= 0.3 is 5.97 Å². The molecule has 1 aromatic carbocycles. The fourth-order valence-corrected chi connectivity index (χ4v) is 4.29. The Morgan fingerprint density at radius 3 is 2.46 bits per heavy atom. The minimum absolute atomic E-state index is 0.000523. The molecule has 7 nitrogen and oxygen atoms in total. The first-order chi connectivity index (χ1) is 12.3. The number of benzene rings is 1. The highest BCUT2D eigenvalue weighted by Gasteiger charge is 2.15. The molecule has 0 saturated heterocycles. The van der Waals surface area contributed by atoms with Crippen molar-refractivity contribution in [3.05, 3.63) is 47.3 Å². The molecule has 0 aliphatic carbocycles. The number of anilines is 1. The molecule has 2 rings (SSSR count). The number of carboxylic acids is 1. The molecule has 3 N–H and O–H groups in total. The normalized spacial score (nSPS) is 12.3. The first kappa shape index (κ1) is 19.9. The Hall–Kier alpha value is -2.39. The lowest BCUT2D eigenvalue weighted by Gasteiger charge is -2.13. The van der Waals surface area contributed by atoms with Crippen LogP contribution in [0.15, 0.2) is 46.0 Å². The molecule has 0 fully saturated rings. The first-order valence-corrected chi connectivity index (χ1v) is 10.3. The molecule has 9 heteroatoms. The molecule has 1 amide bonds. The van der Waals surface area contributed by atoms with Crippen molar-refractivity contribution in [2.45, 2.75) is 36.4 Å². The number of carbonyl (C=O) groups is 2. The number of aliphatic carboxylic acids is 1. The van der Waals surface area contributed by atoms with Crippen LogP contribution < -0.4 is 10.0 Å². The van der Waals surface area contributed by atoms with Crippen LogP contribution in [0.1, 0.15) is 25.3 Å². The van der Waals surface area contributed by atoms with Gasteiger partial charge in [0.25, 0.3) is 10.0 Å². The minimum atomic E-state index is -3.59. The van der Waals surface area contributed by atoms with Crippen LogP contribution in [-0.4, -0.2) is 31.4 Å². The second kappa shape index (κ2) is 8.81. The van der Waals surface area contributed by atoms with Crippen molar-refractivity contribution in [3.8, 4) is 0 Å². The van der Waals surface area contributed by atoms with E-state index >= 15 is 0 Å². The van der Waals surface area contributed by atoms with Gasteiger partial charge in [0.05, 0.1) is 6.42 Å². The largest absolute Gasteiger partial charge is 0.481 e. The molecule has 1 heterocycles. The highest BCUT2D eigenvalue weighted by molar-refractivity contribution is 7.94. The molecule has 0 bridgehead atoms. The Labute approximate surface area is 156 Å². The van der Waals surface area contributed by atoms with E-state index in [0.717, 1.165) is 16.9 Å². The molecule has 0 aliphatic heterocycles. The summed E-state index contributed by atoms with van der Waals surface area (Å²) in [5.41, 5.74) is 1.14. The lowest BCUT2D eigenvalue weighted by Crippen LogP contribution is -2.34. The molecule has 2 aromatic rings. The van der Waals surface area contributed by atoms with Gasteiger partial charge in [0.1, 0.15) is 4.21 Å². The number of sulfonamides is 1. The Bertz CT molecular complexity index is 846. The van der Waals surface area contributed by atoms with Gasteiger partial charge in [-0.25, -0.2) is 8.42 Å². The molecule has 1 unspecified atom stereocenters. The van der Waals surface area contributed by atoms with Crippen molar-refractivity contribution in [2.75, 3.05) is 4.72 Å². The van der Waals surface area contributed by atoms with Gasteiger partial charge in [-0.05, 0) is 42.5 Å². The van der Waals surface area contributed by atoms with E-state index in [1.54, 1.807) is 42.6 Å². The summed E-state index contributed by atoms with van der Waals surface area (Å²) in [6, 6.07) is 9.51. The standard InChI is InChI=1S/C17H20N2O5S2/c1-12(4-9-16(21)22)18-15(20)11-13-5-7-14(8-6-13)19-26(23,24)17-3-2-10-25-17/h2-3,5-8,10,12,19H,4,9,11H2,1H3,(H,18,20)(H,21,22). The van der Waals surface area contributed by atoms with E-state index in [9.17, 15) is 18.0 Å². The third-order valence-electron chi connectivity index (χ3n) is 3.53. The Morgan fingerprint density at radius 2 is 1.88 bits per heavy atom. The van der Waals surface area contributed by atoms with Gasteiger partial charge in [-0.1, -0.05) is 18.2 Å². The zero-order chi connectivity index (χ0) is 19.2. The monoisotopic (exact) mass is 396 g/mol.